The lowest BCUT2D eigenvalue weighted by Gasteiger charge is -2.30. The molecule has 37 heavy (non-hydrogen) atoms. The van der Waals surface area contributed by atoms with Crippen LogP contribution >= 0.6 is 0 Å². The van der Waals surface area contributed by atoms with Gasteiger partial charge in [0.15, 0.2) is 17.3 Å². The van der Waals surface area contributed by atoms with E-state index in [-0.39, 0.29) is 5.56 Å². The second-order valence-electron chi connectivity index (χ2n) is 7.35. The maximum absolute atomic E-state index is 14.1. The number of alkyl halides is 6. The second-order valence-corrected chi connectivity index (χ2v) is 7.35. The topological polar surface area (TPSA) is 131 Å². The third-order valence-electron chi connectivity index (χ3n) is 4.84. The molecule has 0 fully saturated rings. The number of aliphatic carboxylic acids is 2. The van der Waals surface area contributed by atoms with Crippen molar-refractivity contribution in [2.75, 3.05) is 0 Å². The van der Waals surface area contributed by atoms with Crippen molar-refractivity contribution in [2.24, 2.45) is 5.73 Å². The van der Waals surface area contributed by atoms with E-state index in [0.717, 1.165) is 17.4 Å². The molecule has 3 aromatic rings. The summed E-state index contributed by atoms with van der Waals surface area (Å²) in [5.74, 6) is -8.32. The third-order valence-corrected chi connectivity index (χ3v) is 4.84. The molecular formula is C20H15F9N4O4. The fourth-order valence-corrected chi connectivity index (χ4v) is 3.22. The lowest BCUT2D eigenvalue weighted by atomic mass is 9.86. The Kier molecular flexibility index (Phi) is 8.74. The highest BCUT2D eigenvalue weighted by molar-refractivity contribution is 5.73. The van der Waals surface area contributed by atoms with Crippen LogP contribution in [0.4, 0.5) is 39.5 Å². The quantitative estimate of drug-likeness (QED) is 0.313. The summed E-state index contributed by atoms with van der Waals surface area (Å²) in [6.45, 7) is 0.417. The first-order valence-corrected chi connectivity index (χ1v) is 9.73. The summed E-state index contributed by atoms with van der Waals surface area (Å²) in [7, 11) is 0. The van der Waals surface area contributed by atoms with E-state index in [1.54, 1.807) is 6.20 Å². The molecule has 0 amide bonds. The zero-order valence-corrected chi connectivity index (χ0v) is 18.0. The highest BCUT2D eigenvalue weighted by Gasteiger charge is 2.39. The Labute approximate surface area is 200 Å². The number of halogens is 9. The zero-order valence-electron chi connectivity index (χ0n) is 18.0. The van der Waals surface area contributed by atoms with Gasteiger partial charge in [-0.25, -0.2) is 32.7 Å². The van der Waals surface area contributed by atoms with Crippen LogP contribution in [0.15, 0.2) is 30.5 Å². The highest BCUT2D eigenvalue weighted by Crippen LogP contribution is 2.33. The molecule has 0 saturated heterocycles. The number of nitrogens with two attached hydrogens (primary N) is 1. The predicted molar refractivity (Wildman–Crippen MR) is 106 cm³/mol. The van der Waals surface area contributed by atoms with Crippen molar-refractivity contribution in [1.29, 1.82) is 0 Å². The van der Waals surface area contributed by atoms with Gasteiger partial charge in [-0.2, -0.15) is 26.3 Å². The number of carbonyl (C=O) groups is 2. The van der Waals surface area contributed by atoms with Gasteiger partial charge in [-0.1, -0.05) is 0 Å². The lowest BCUT2D eigenvalue weighted by Crippen LogP contribution is -2.39. The van der Waals surface area contributed by atoms with Gasteiger partial charge in [0.25, 0.3) is 0 Å². The molecule has 0 spiro atoms. The fourth-order valence-electron chi connectivity index (χ4n) is 3.22. The van der Waals surface area contributed by atoms with Crippen LogP contribution in [-0.2, 0) is 22.6 Å². The highest BCUT2D eigenvalue weighted by atomic mass is 19.4. The first-order valence-electron chi connectivity index (χ1n) is 9.73. The van der Waals surface area contributed by atoms with Crippen LogP contribution in [0, 0.1) is 17.5 Å². The molecule has 0 aliphatic carbocycles. The van der Waals surface area contributed by atoms with Crippen molar-refractivity contribution in [3.63, 3.8) is 0 Å². The number of carboxylic acid groups (broad SMARTS) is 2. The van der Waals surface area contributed by atoms with Crippen molar-refractivity contribution in [3.8, 4) is 0 Å². The van der Waals surface area contributed by atoms with Crippen molar-refractivity contribution >= 4 is 23.1 Å². The number of nitrogens with zero attached hydrogens (tertiary/aromatic N) is 3. The SMILES string of the molecule is N[C@H]1Cn2c(nc3ncccc32)C[C@@H]1c1cc(F)c(F)cc1F.O=C(O)C(F)(F)F.O=C(O)C(F)(F)F. The van der Waals surface area contributed by atoms with Crippen LogP contribution in [0.25, 0.3) is 11.2 Å². The summed E-state index contributed by atoms with van der Waals surface area (Å²) < 4.78 is 106. The zero-order chi connectivity index (χ0) is 28.3. The van der Waals surface area contributed by atoms with E-state index < -0.39 is 53.7 Å². The van der Waals surface area contributed by atoms with Crippen LogP contribution in [0.2, 0.25) is 0 Å². The molecular weight excluding hydrogens is 531 g/mol. The molecule has 1 aliphatic heterocycles. The minimum Gasteiger partial charge on any atom is -0.475 e. The summed E-state index contributed by atoms with van der Waals surface area (Å²) in [6.07, 6.45) is -8.17. The standard InChI is InChI=1S/C16H13F3N4.2C2HF3O2/c17-10-6-12(19)11(18)4-8(10)9-5-15-22-16-14(2-1-3-21-16)23(15)7-13(9)20;2*3-2(4,5)1(6)7/h1-4,6,9,13H,5,7,20H2;2*(H,6,7)/t9-,13+;;/m1../s1. The Bertz CT molecular complexity index is 1270. The van der Waals surface area contributed by atoms with Crippen molar-refractivity contribution < 1.29 is 59.3 Å². The van der Waals surface area contributed by atoms with Gasteiger partial charge in [0.05, 0.1) is 5.52 Å². The maximum atomic E-state index is 14.1. The molecule has 4 rings (SSSR count). The lowest BCUT2D eigenvalue weighted by molar-refractivity contribution is -0.193. The summed E-state index contributed by atoms with van der Waals surface area (Å²) in [5.41, 5.74) is 7.73. The van der Waals surface area contributed by atoms with E-state index in [1.165, 1.54) is 0 Å². The van der Waals surface area contributed by atoms with Gasteiger partial charge in [-0.3, -0.25) is 0 Å². The van der Waals surface area contributed by atoms with Crippen molar-refractivity contribution in [3.05, 3.63) is 59.3 Å². The fraction of sp³-hybridized carbons (Fsp3) is 0.300. The number of imidazole rings is 1. The number of pyridine rings is 1. The molecule has 17 heteroatoms. The molecule has 4 N–H and O–H groups in total. The summed E-state index contributed by atoms with van der Waals surface area (Å²) >= 11 is 0. The average Bonchev–Trinajstić information content (AvgIpc) is 3.13. The predicted octanol–water partition coefficient (Wildman–Crippen LogP) is 3.78. The van der Waals surface area contributed by atoms with Crippen molar-refractivity contribution in [2.45, 2.75) is 37.3 Å². The molecule has 1 aromatic carbocycles. The summed E-state index contributed by atoms with van der Waals surface area (Å²) in [6, 6.07) is 4.73. The Balaban J connectivity index is 0.000000286. The number of benzene rings is 1. The molecule has 202 valence electrons. The Hall–Kier alpha value is -3.89. The molecule has 0 unspecified atom stereocenters. The van der Waals surface area contributed by atoms with E-state index in [1.807, 2.05) is 16.7 Å². The van der Waals surface area contributed by atoms with Crippen molar-refractivity contribution in [1.82, 2.24) is 14.5 Å². The number of rotatable bonds is 1. The molecule has 2 aromatic heterocycles. The van der Waals surface area contributed by atoms with Crippen LogP contribution < -0.4 is 5.73 Å². The van der Waals surface area contributed by atoms with Gasteiger partial charge >= 0.3 is 24.3 Å². The van der Waals surface area contributed by atoms with E-state index in [4.69, 9.17) is 25.5 Å². The normalized spacial score (nSPS) is 17.1. The Morgan fingerprint density at radius 1 is 0.946 bits per heavy atom. The summed E-state index contributed by atoms with van der Waals surface area (Å²) in [4.78, 5) is 26.4. The number of hydrogen-bond acceptors (Lipinski definition) is 5. The van der Waals surface area contributed by atoms with Crippen LogP contribution in [0.5, 0.6) is 0 Å². The molecule has 3 heterocycles. The maximum Gasteiger partial charge on any atom is 0.490 e. The van der Waals surface area contributed by atoms with Gasteiger partial charge < -0.3 is 20.5 Å². The molecule has 0 saturated carbocycles. The minimum atomic E-state index is -5.08. The summed E-state index contributed by atoms with van der Waals surface area (Å²) in [5, 5.41) is 14.2. The molecule has 8 nitrogen and oxygen atoms in total. The first-order chi connectivity index (χ1) is 16.9. The van der Waals surface area contributed by atoms with E-state index >= 15 is 0 Å². The Morgan fingerprint density at radius 3 is 1.97 bits per heavy atom. The monoisotopic (exact) mass is 546 g/mol. The molecule has 2 atom stereocenters. The molecule has 1 aliphatic rings. The number of aromatic nitrogens is 3. The third kappa shape index (κ3) is 7.31. The van der Waals surface area contributed by atoms with E-state index in [9.17, 15) is 39.5 Å². The number of fused-ring (bicyclic) bond motifs is 3. The van der Waals surface area contributed by atoms with Crippen LogP contribution in [0.1, 0.15) is 17.3 Å². The van der Waals surface area contributed by atoms with Crippen LogP contribution in [0.3, 0.4) is 0 Å². The minimum absolute atomic E-state index is 0.0858. The van der Waals surface area contributed by atoms with E-state index in [2.05, 4.69) is 9.97 Å². The second kappa shape index (κ2) is 11.0. The number of hydrogen-bond donors (Lipinski definition) is 3. The molecule has 0 bridgehead atoms. The first kappa shape index (κ1) is 29.3. The van der Waals surface area contributed by atoms with Gasteiger partial charge in [0, 0.05) is 37.2 Å². The Morgan fingerprint density at radius 2 is 1.46 bits per heavy atom. The van der Waals surface area contributed by atoms with Crippen LogP contribution in [-0.4, -0.2) is 55.1 Å². The van der Waals surface area contributed by atoms with Gasteiger partial charge in [0.2, 0.25) is 0 Å². The van der Waals surface area contributed by atoms with Gasteiger partial charge in [0.1, 0.15) is 11.6 Å². The number of carboxylic acids is 2. The van der Waals surface area contributed by atoms with E-state index in [0.29, 0.717) is 24.7 Å². The largest absolute Gasteiger partial charge is 0.490 e. The smallest absolute Gasteiger partial charge is 0.475 e. The average molecular weight is 546 g/mol. The van der Waals surface area contributed by atoms with Gasteiger partial charge in [-0.05, 0) is 23.8 Å². The molecule has 0 radical (unpaired) electrons. The van der Waals surface area contributed by atoms with Gasteiger partial charge in [-0.15, -0.1) is 0 Å².